The number of hydrogen-bond acceptors (Lipinski definition) is 8. The van der Waals surface area contributed by atoms with Crippen LogP contribution in [0.1, 0.15) is 56.0 Å². The van der Waals surface area contributed by atoms with Gasteiger partial charge in [0, 0.05) is 38.1 Å². The van der Waals surface area contributed by atoms with E-state index in [-0.39, 0.29) is 31.3 Å². The summed E-state index contributed by atoms with van der Waals surface area (Å²) in [5.74, 6) is 0.241. The summed E-state index contributed by atoms with van der Waals surface area (Å²) in [7, 11) is 1.27. The van der Waals surface area contributed by atoms with E-state index in [9.17, 15) is 14.4 Å². The van der Waals surface area contributed by atoms with Gasteiger partial charge in [-0.15, -0.1) is 0 Å². The van der Waals surface area contributed by atoms with Crippen LogP contribution in [0.4, 0.5) is 0 Å². The van der Waals surface area contributed by atoms with E-state index in [1.807, 2.05) is 75.8 Å². The molecule has 0 bridgehead atoms. The number of nitrogens with zero attached hydrogens (tertiary/aromatic N) is 4. The number of fused-ring (bicyclic) bond motifs is 1. The van der Waals surface area contributed by atoms with Crippen LogP contribution in [0.3, 0.4) is 0 Å². The van der Waals surface area contributed by atoms with Gasteiger partial charge >= 0.3 is 5.97 Å². The molecule has 49 heavy (non-hydrogen) atoms. The van der Waals surface area contributed by atoms with Crippen LogP contribution in [-0.2, 0) is 38.6 Å². The molecule has 0 saturated carbocycles. The Kier molecular flexibility index (Phi) is 19.5. The van der Waals surface area contributed by atoms with E-state index in [0.717, 1.165) is 27.6 Å². The number of carbonyl (C=O) groups excluding carboxylic acids is 3. The summed E-state index contributed by atoms with van der Waals surface area (Å²) in [5.41, 5.74) is 3.41. The quantitative estimate of drug-likeness (QED) is 0.155. The summed E-state index contributed by atoms with van der Waals surface area (Å²) < 4.78 is 6.50. The van der Waals surface area contributed by atoms with Crippen LogP contribution in [0.5, 0.6) is 0 Å². The van der Waals surface area contributed by atoms with Gasteiger partial charge in [0.25, 0.3) is 0 Å². The number of nitriles is 1. The number of aromatic nitrogens is 2. The molecule has 0 aliphatic heterocycles. The maximum Gasteiger partial charge on any atom is 0.325 e. The lowest BCUT2D eigenvalue weighted by Crippen LogP contribution is -2.42. The van der Waals surface area contributed by atoms with Crippen molar-refractivity contribution in [3.8, 4) is 6.07 Å². The molecule has 2 N–H and O–H groups in total. The first-order valence-corrected chi connectivity index (χ1v) is 17.9. The summed E-state index contributed by atoms with van der Waals surface area (Å²) in [6.07, 6.45) is 8.24. The molecule has 0 spiro atoms. The van der Waals surface area contributed by atoms with Crippen LogP contribution >= 0.6 is 11.8 Å². The van der Waals surface area contributed by atoms with Crippen molar-refractivity contribution < 1.29 is 19.1 Å². The fourth-order valence-corrected chi connectivity index (χ4v) is 4.49. The van der Waals surface area contributed by atoms with Gasteiger partial charge < -0.3 is 19.9 Å². The minimum atomic E-state index is -0.523. The molecule has 0 unspecified atom stereocenters. The summed E-state index contributed by atoms with van der Waals surface area (Å²) in [6.45, 7) is 8.12. The fourth-order valence-electron chi connectivity index (χ4n) is 4.49. The van der Waals surface area contributed by atoms with Crippen molar-refractivity contribution in [2.24, 2.45) is 0 Å². The highest BCUT2D eigenvalue weighted by Crippen LogP contribution is 2.20. The second-order valence-corrected chi connectivity index (χ2v) is 12.3. The lowest BCUT2D eigenvalue weighted by molar-refractivity contribution is -0.141. The predicted octanol–water partition coefficient (Wildman–Crippen LogP) is 5.58. The van der Waals surface area contributed by atoms with Crippen molar-refractivity contribution in [2.75, 3.05) is 45.3 Å². The third kappa shape index (κ3) is 15.4. The Morgan fingerprint density at radius 1 is 0.959 bits per heavy atom. The number of rotatable bonds is 15. The largest absolute Gasteiger partial charge is 0.468 e. The van der Waals surface area contributed by atoms with E-state index < -0.39 is 5.97 Å². The van der Waals surface area contributed by atoms with Gasteiger partial charge in [-0.25, -0.2) is 4.98 Å². The van der Waals surface area contributed by atoms with E-state index in [1.165, 1.54) is 25.7 Å². The second kappa shape index (κ2) is 23.6. The van der Waals surface area contributed by atoms with E-state index in [4.69, 9.17) is 5.26 Å². The zero-order chi connectivity index (χ0) is 35.9. The number of ether oxygens (including phenoxy) is 1. The first-order valence-electron chi connectivity index (χ1n) is 16.5. The topological polar surface area (TPSA) is 129 Å². The molecular formula is C38H50N6O4S. The molecule has 4 rings (SSSR count). The van der Waals surface area contributed by atoms with Crippen molar-refractivity contribution in [1.82, 2.24) is 25.1 Å². The van der Waals surface area contributed by atoms with Gasteiger partial charge in [0.1, 0.15) is 6.54 Å². The van der Waals surface area contributed by atoms with Gasteiger partial charge in [-0.1, -0.05) is 88.2 Å². The average molecular weight is 687 g/mol. The number of imidazole rings is 1. The minimum absolute atomic E-state index is 0.0491. The van der Waals surface area contributed by atoms with Crippen molar-refractivity contribution in [3.63, 3.8) is 0 Å². The van der Waals surface area contributed by atoms with E-state index >= 15 is 0 Å². The third-order valence-corrected chi connectivity index (χ3v) is 7.99. The van der Waals surface area contributed by atoms with Crippen molar-refractivity contribution >= 4 is 40.3 Å². The molecule has 4 aromatic rings. The molecule has 0 aliphatic rings. The maximum absolute atomic E-state index is 12.8. The van der Waals surface area contributed by atoms with Gasteiger partial charge in [-0.3, -0.25) is 19.3 Å². The first-order chi connectivity index (χ1) is 23.8. The number of hydrogen-bond donors (Lipinski definition) is 2. The molecule has 3 aromatic carbocycles. The van der Waals surface area contributed by atoms with Crippen molar-refractivity contribution in [2.45, 2.75) is 53.1 Å². The molecule has 2 amide bonds. The van der Waals surface area contributed by atoms with Gasteiger partial charge in [-0.05, 0) is 46.0 Å². The van der Waals surface area contributed by atoms with Crippen molar-refractivity contribution in [3.05, 3.63) is 102 Å². The molecule has 10 nitrogen and oxygen atoms in total. The Hall–Kier alpha value is -4.66. The van der Waals surface area contributed by atoms with Crippen LogP contribution in [0.2, 0.25) is 0 Å². The standard InChI is InChI=1S/C31H32N6O4.C4H10.C3H8S/c1-41-31(40)18-35-30(39)21-36(20-26-7-4-6-25-5-2-3-8-28(25)26)14-13-34-29(38)15-27-17-33-22-37(27)19-24-11-9-23(16-32)10-12-24;2*1-3-4-2/h2-12,17,22H,13-15,18-21H2,1H3,(H,34,38)(H,35,39);3-4H2,1-2H3;3H2,1-2H3. The summed E-state index contributed by atoms with van der Waals surface area (Å²) >= 11 is 1.86. The molecule has 0 fully saturated rings. The van der Waals surface area contributed by atoms with Gasteiger partial charge in [0.2, 0.25) is 11.8 Å². The van der Waals surface area contributed by atoms with Gasteiger partial charge in [-0.2, -0.15) is 17.0 Å². The van der Waals surface area contributed by atoms with Crippen LogP contribution in [0.25, 0.3) is 10.8 Å². The molecular weight excluding hydrogens is 637 g/mol. The van der Waals surface area contributed by atoms with Crippen LogP contribution in [0.15, 0.2) is 79.3 Å². The molecule has 0 atom stereocenters. The number of unbranched alkanes of at least 4 members (excludes halogenated alkanes) is 1. The smallest absolute Gasteiger partial charge is 0.325 e. The van der Waals surface area contributed by atoms with Crippen LogP contribution in [-0.4, -0.2) is 77.5 Å². The zero-order valence-corrected chi connectivity index (χ0v) is 30.2. The molecule has 262 valence electrons. The first kappa shape index (κ1) is 40.5. The Labute approximate surface area is 295 Å². The molecule has 1 aromatic heterocycles. The lowest BCUT2D eigenvalue weighted by atomic mass is 10.0. The summed E-state index contributed by atoms with van der Waals surface area (Å²) in [6, 6.07) is 23.5. The van der Waals surface area contributed by atoms with Gasteiger partial charge in [0.15, 0.2) is 0 Å². The maximum atomic E-state index is 12.8. The summed E-state index contributed by atoms with van der Waals surface area (Å²) in [5, 5.41) is 16.7. The normalized spacial score (nSPS) is 10.2. The molecule has 0 aliphatic carbocycles. The van der Waals surface area contributed by atoms with E-state index in [1.54, 1.807) is 24.7 Å². The van der Waals surface area contributed by atoms with Crippen LogP contribution < -0.4 is 10.6 Å². The fraction of sp³-hybridized carbons (Fsp3) is 0.395. The predicted molar refractivity (Wildman–Crippen MR) is 198 cm³/mol. The second-order valence-electron chi connectivity index (χ2n) is 11.1. The highest BCUT2D eigenvalue weighted by Gasteiger charge is 2.15. The Bertz CT molecular complexity index is 1600. The minimum Gasteiger partial charge on any atom is -0.468 e. The molecule has 0 saturated heterocycles. The number of amides is 2. The Balaban J connectivity index is 0.000000939. The molecule has 11 heteroatoms. The third-order valence-electron chi connectivity index (χ3n) is 7.41. The Morgan fingerprint density at radius 2 is 1.65 bits per heavy atom. The zero-order valence-electron chi connectivity index (χ0n) is 29.4. The highest BCUT2D eigenvalue weighted by molar-refractivity contribution is 7.98. The van der Waals surface area contributed by atoms with E-state index in [0.29, 0.717) is 31.7 Å². The number of methoxy groups -OCH3 is 1. The summed E-state index contributed by atoms with van der Waals surface area (Å²) in [4.78, 5) is 43.0. The van der Waals surface area contributed by atoms with Crippen molar-refractivity contribution in [1.29, 1.82) is 5.26 Å². The highest BCUT2D eigenvalue weighted by atomic mass is 32.2. The average Bonchev–Trinajstić information content (AvgIpc) is 3.56. The number of nitrogens with one attached hydrogen (secondary N) is 2. The SMILES string of the molecule is CCCC.CCSC.COC(=O)CNC(=O)CN(CCNC(=O)Cc1cncn1Cc1ccc(C#N)cc1)Cc1cccc2ccccc12. The number of carbonyl (C=O) groups is 3. The van der Waals surface area contributed by atoms with E-state index in [2.05, 4.69) is 53.5 Å². The number of esters is 1. The number of thioether (sulfide) groups is 1. The molecule has 0 radical (unpaired) electrons. The lowest BCUT2D eigenvalue weighted by Gasteiger charge is -2.23. The Morgan fingerprint density at radius 3 is 2.31 bits per heavy atom. The van der Waals surface area contributed by atoms with Gasteiger partial charge in [0.05, 0.1) is 38.0 Å². The monoisotopic (exact) mass is 686 g/mol. The number of benzene rings is 3. The van der Waals surface area contributed by atoms with Crippen LogP contribution in [0, 0.1) is 11.3 Å². The molecule has 1 heterocycles.